The minimum atomic E-state index is -0.819. The molecule has 0 bridgehead atoms. The topological polar surface area (TPSA) is 59.0 Å². The molecule has 0 atom stereocenters. The molecule has 0 amide bonds. The maximum atomic E-state index is 10.6. The van der Waals surface area contributed by atoms with E-state index in [1.54, 1.807) is 26.2 Å². The Labute approximate surface area is 113 Å². The normalized spacial score (nSPS) is 10.6. The molecule has 0 spiro atoms. The van der Waals surface area contributed by atoms with E-state index in [-0.39, 0.29) is 6.54 Å². The van der Waals surface area contributed by atoms with Crippen LogP contribution >= 0.6 is 0 Å². The van der Waals surface area contributed by atoms with Gasteiger partial charge in [0, 0.05) is 12.1 Å². The number of carbonyl (C=O) groups is 1. The summed E-state index contributed by atoms with van der Waals surface area (Å²) in [6.07, 6.45) is 0.734. The molecule has 0 aliphatic carbocycles. The van der Waals surface area contributed by atoms with Crippen LogP contribution in [0.4, 0.5) is 0 Å². The fraction of sp³-hybridized carbons (Fsp3) is 0.500. The Morgan fingerprint density at radius 3 is 2.53 bits per heavy atom. The number of ether oxygens (including phenoxy) is 2. The van der Waals surface area contributed by atoms with E-state index in [9.17, 15) is 4.79 Å². The van der Waals surface area contributed by atoms with Crippen molar-refractivity contribution in [3.8, 4) is 11.5 Å². The molecule has 5 nitrogen and oxygen atoms in total. The summed E-state index contributed by atoms with van der Waals surface area (Å²) in [5.41, 5.74) is 2.02. The van der Waals surface area contributed by atoms with E-state index in [1.807, 2.05) is 19.1 Å². The Balaban J connectivity index is 2.78. The molecule has 1 N–H and O–H groups in total. The molecule has 0 heterocycles. The Morgan fingerprint density at radius 2 is 2.00 bits per heavy atom. The molecule has 0 saturated carbocycles. The molecular formula is C14H21NO4. The number of hydrogen-bond acceptors (Lipinski definition) is 4. The van der Waals surface area contributed by atoms with Crippen LogP contribution in [-0.2, 0) is 11.2 Å². The second-order valence-corrected chi connectivity index (χ2v) is 4.47. The van der Waals surface area contributed by atoms with E-state index in [1.165, 1.54) is 0 Å². The number of methoxy groups -OCH3 is 2. The van der Waals surface area contributed by atoms with Crippen LogP contribution in [0.1, 0.15) is 11.1 Å². The zero-order valence-electron chi connectivity index (χ0n) is 11.9. The molecule has 1 aromatic carbocycles. The second-order valence-electron chi connectivity index (χ2n) is 4.47. The van der Waals surface area contributed by atoms with Crippen LogP contribution in [-0.4, -0.2) is 50.3 Å². The number of hydrogen-bond donors (Lipinski definition) is 1. The summed E-state index contributed by atoms with van der Waals surface area (Å²) in [7, 11) is 5.05. The zero-order valence-corrected chi connectivity index (χ0v) is 11.9. The van der Waals surface area contributed by atoms with E-state index in [0.29, 0.717) is 6.54 Å². The number of carboxylic acids is 1. The highest BCUT2D eigenvalue weighted by atomic mass is 16.5. The number of carboxylic acid groups (broad SMARTS) is 1. The first-order chi connectivity index (χ1) is 8.99. The van der Waals surface area contributed by atoms with Gasteiger partial charge in [-0.3, -0.25) is 9.69 Å². The summed E-state index contributed by atoms with van der Waals surface area (Å²) < 4.78 is 10.7. The van der Waals surface area contributed by atoms with E-state index >= 15 is 0 Å². The van der Waals surface area contributed by atoms with Gasteiger partial charge >= 0.3 is 5.97 Å². The molecular weight excluding hydrogens is 246 g/mol. The first kappa shape index (κ1) is 15.3. The van der Waals surface area contributed by atoms with Gasteiger partial charge in [-0.25, -0.2) is 0 Å². The smallest absolute Gasteiger partial charge is 0.317 e. The molecule has 0 unspecified atom stereocenters. The Morgan fingerprint density at radius 1 is 1.32 bits per heavy atom. The number of nitrogens with zero attached hydrogens (tertiary/aromatic N) is 1. The average Bonchev–Trinajstić information content (AvgIpc) is 2.35. The lowest BCUT2D eigenvalue weighted by Crippen LogP contribution is -2.27. The van der Waals surface area contributed by atoms with Gasteiger partial charge < -0.3 is 14.6 Å². The standard InChI is InChI=1S/C14H21NO4/c1-10-12(18-3)6-5-11(14(10)19-4)7-8-15(2)9-13(16)17/h5-6H,7-9H2,1-4H3,(H,16,17). The zero-order chi connectivity index (χ0) is 14.4. The third-order valence-electron chi connectivity index (χ3n) is 3.03. The number of aliphatic carboxylic acids is 1. The van der Waals surface area contributed by atoms with E-state index in [0.717, 1.165) is 29.0 Å². The van der Waals surface area contributed by atoms with Crippen LogP contribution in [0, 0.1) is 6.92 Å². The minimum Gasteiger partial charge on any atom is -0.496 e. The van der Waals surface area contributed by atoms with Crippen molar-refractivity contribution in [3.63, 3.8) is 0 Å². The fourth-order valence-electron chi connectivity index (χ4n) is 2.05. The first-order valence-corrected chi connectivity index (χ1v) is 6.10. The molecule has 0 aromatic heterocycles. The van der Waals surface area contributed by atoms with E-state index in [2.05, 4.69) is 0 Å². The van der Waals surface area contributed by atoms with Gasteiger partial charge in [-0.05, 0) is 32.0 Å². The van der Waals surface area contributed by atoms with Gasteiger partial charge in [0.2, 0.25) is 0 Å². The van der Waals surface area contributed by atoms with Crippen LogP contribution in [0.5, 0.6) is 11.5 Å². The Hall–Kier alpha value is -1.75. The molecule has 1 rings (SSSR count). The summed E-state index contributed by atoms with van der Waals surface area (Å²) in [5, 5.41) is 8.71. The molecule has 0 aliphatic heterocycles. The SMILES string of the molecule is COc1ccc(CCN(C)CC(=O)O)c(OC)c1C. The van der Waals surface area contributed by atoms with Crippen molar-refractivity contribution in [2.45, 2.75) is 13.3 Å². The predicted octanol–water partition coefficient (Wildman–Crippen LogP) is 1.57. The average molecular weight is 267 g/mol. The van der Waals surface area contributed by atoms with Crippen molar-refractivity contribution in [2.75, 3.05) is 34.4 Å². The number of likely N-dealkylation sites (N-methyl/N-ethyl adjacent to an activating group) is 1. The molecule has 106 valence electrons. The second kappa shape index (κ2) is 6.99. The fourth-order valence-corrected chi connectivity index (χ4v) is 2.05. The largest absolute Gasteiger partial charge is 0.496 e. The summed E-state index contributed by atoms with van der Waals surface area (Å²) >= 11 is 0. The molecule has 0 aliphatic rings. The van der Waals surface area contributed by atoms with Gasteiger partial charge in [-0.2, -0.15) is 0 Å². The van der Waals surface area contributed by atoms with Crippen molar-refractivity contribution in [1.82, 2.24) is 4.90 Å². The minimum absolute atomic E-state index is 0.0391. The summed E-state index contributed by atoms with van der Waals surface area (Å²) in [6.45, 7) is 2.65. The summed E-state index contributed by atoms with van der Waals surface area (Å²) in [5.74, 6) is 0.781. The molecule has 0 radical (unpaired) electrons. The lowest BCUT2D eigenvalue weighted by atomic mass is 10.1. The van der Waals surface area contributed by atoms with Crippen LogP contribution in [0.15, 0.2) is 12.1 Å². The maximum absolute atomic E-state index is 10.6. The number of benzene rings is 1. The highest BCUT2D eigenvalue weighted by Gasteiger charge is 2.12. The summed E-state index contributed by atoms with van der Waals surface area (Å²) in [4.78, 5) is 12.4. The van der Waals surface area contributed by atoms with Gasteiger partial charge in [-0.1, -0.05) is 6.07 Å². The lowest BCUT2D eigenvalue weighted by molar-refractivity contribution is -0.137. The van der Waals surface area contributed by atoms with E-state index < -0.39 is 5.97 Å². The highest BCUT2D eigenvalue weighted by molar-refractivity contribution is 5.69. The van der Waals surface area contributed by atoms with Crippen molar-refractivity contribution >= 4 is 5.97 Å². The maximum Gasteiger partial charge on any atom is 0.317 e. The Bertz CT molecular complexity index is 445. The molecule has 1 aromatic rings. The van der Waals surface area contributed by atoms with Gasteiger partial charge in [-0.15, -0.1) is 0 Å². The first-order valence-electron chi connectivity index (χ1n) is 6.10. The third-order valence-corrected chi connectivity index (χ3v) is 3.03. The van der Waals surface area contributed by atoms with Gasteiger partial charge in [0.15, 0.2) is 0 Å². The van der Waals surface area contributed by atoms with Crippen LogP contribution in [0.2, 0.25) is 0 Å². The summed E-state index contributed by atoms with van der Waals surface area (Å²) in [6, 6.07) is 3.86. The van der Waals surface area contributed by atoms with Crippen LogP contribution in [0.3, 0.4) is 0 Å². The molecule has 19 heavy (non-hydrogen) atoms. The van der Waals surface area contributed by atoms with Crippen molar-refractivity contribution in [2.24, 2.45) is 0 Å². The van der Waals surface area contributed by atoms with Gasteiger partial charge in [0.05, 0.1) is 20.8 Å². The van der Waals surface area contributed by atoms with E-state index in [4.69, 9.17) is 14.6 Å². The Kier molecular flexibility index (Phi) is 5.63. The van der Waals surface area contributed by atoms with Crippen molar-refractivity contribution < 1.29 is 19.4 Å². The predicted molar refractivity (Wildman–Crippen MR) is 73.1 cm³/mol. The highest BCUT2D eigenvalue weighted by Crippen LogP contribution is 2.31. The lowest BCUT2D eigenvalue weighted by Gasteiger charge is -2.17. The van der Waals surface area contributed by atoms with Gasteiger partial charge in [0.1, 0.15) is 11.5 Å². The van der Waals surface area contributed by atoms with Crippen LogP contribution < -0.4 is 9.47 Å². The van der Waals surface area contributed by atoms with Crippen molar-refractivity contribution in [3.05, 3.63) is 23.3 Å². The third kappa shape index (κ3) is 4.13. The van der Waals surface area contributed by atoms with Crippen molar-refractivity contribution in [1.29, 1.82) is 0 Å². The molecule has 0 fully saturated rings. The van der Waals surface area contributed by atoms with Gasteiger partial charge in [0.25, 0.3) is 0 Å². The molecule has 0 saturated heterocycles. The monoisotopic (exact) mass is 267 g/mol. The van der Waals surface area contributed by atoms with Crippen LogP contribution in [0.25, 0.3) is 0 Å². The molecule has 5 heteroatoms. The quantitative estimate of drug-likeness (QED) is 0.812. The number of rotatable bonds is 7.